The number of hydrogen-bond donors (Lipinski definition) is 2. The number of amides is 1. The first-order valence-electron chi connectivity index (χ1n) is 9.77. The van der Waals surface area contributed by atoms with Gasteiger partial charge in [-0.15, -0.1) is 0 Å². The number of hydrogen-bond acceptors (Lipinski definition) is 4. The zero-order valence-corrected chi connectivity index (χ0v) is 16.4. The van der Waals surface area contributed by atoms with E-state index in [9.17, 15) is 19.5 Å². The van der Waals surface area contributed by atoms with Gasteiger partial charge < -0.3 is 10.4 Å². The third kappa shape index (κ3) is 4.21. The van der Waals surface area contributed by atoms with Crippen molar-refractivity contribution in [2.24, 2.45) is 5.92 Å². The van der Waals surface area contributed by atoms with Crippen molar-refractivity contribution in [3.05, 3.63) is 35.9 Å². The molecule has 1 aromatic rings. The third-order valence-electron chi connectivity index (χ3n) is 5.58. The monoisotopic (exact) mass is 374 g/mol. The van der Waals surface area contributed by atoms with Gasteiger partial charge in [0, 0.05) is 5.56 Å². The van der Waals surface area contributed by atoms with Gasteiger partial charge in [0.05, 0.1) is 6.04 Å². The smallest absolute Gasteiger partial charge is 0.332 e. The molecule has 0 aromatic heterocycles. The van der Waals surface area contributed by atoms with Gasteiger partial charge >= 0.3 is 5.97 Å². The van der Waals surface area contributed by atoms with E-state index >= 15 is 0 Å². The molecule has 0 spiro atoms. The lowest BCUT2D eigenvalue weighted by molar-refractivity contribution is -0.157. The second kappa shape index (κ2) is 9.13. The third-order valence-corrected chi connectivity index (χ3v) is 5.58. The molecule has 1 fully saturated rings. The lowest BCUT2D eigenvalue weighted by Crippen LogP contribution is -2.63. The summed E-state index contributed by atoms with van der Waals surface area (Å²) in [6.45, 7) is 6.93. The summed E-state index contributed by atoms with van der Waals surface area (Å²) in [5.41, 5.74) is -1.09. The molecule has 6 heteroatoms. The fourth-order valence-electron chi connectivity index (χ4n) is 3.85. The van der Waals surface area contributed by atoms with Crippen LogP contribution in [0.4, 0.5) is 0 Å². The predicted molar refractivity (Wildman–Crippen MR) is 104 cm³/mol. The molecule has 0 radical (unpaired) electrons. The molecule has 2 N–H and O–H groups in total. The lowest BCUT2D eigenvalue weighted by atomic mass is 9.81. The van der Waals surface area contributed by atoms with Crippen LogP contribution in [0.3, 0.4) is 0 Å². The Labute approximate surface area is 160 Å². The van der Waals surface area contributed by atoms with E-state index in [4.69, 9.17) is 0 Å². The van der Waals surface area contributed by atoms with Crippen molar-refractivity contribution in [3.63, 3.8) is 0 Å². The quantitative estimate of drug-likeness (QED) is 0.649. The van der Waals surface area contributed by atoms with Crippen molar-refractivity contribution in [1.29, 1.82) is 0 Å². The molecular weight excluding hydrogens is 344 g/mol. The number of rotatable bonds is 9. The second-order valence-electron chi connectivity index (χ2n) is 7.32. The van der Waals surface area contributed by atoms with Crippen molar-refractivity contribution < 1.29 is 19.5 Å². The molecule has 0 saturated carbocycles. The van der Waals surface area contributed by atoms with E-state index in [1.54, 1.807) is 29.2 Å². The number of ketones is 1. The highest BCUT2D eigenvalue weighted by Crippen LogP contribution is 2.33. The Kier molecular flexibility index (Phi) is 7.13. The molecule has 0 unspecified atom stereocenters. The summed E-state index contributed by atoms with van der Waals surface area (Å²) in [5.74, 6) is -2.03. The van der Waals surface area contributed by atoms with Gasteiger partial charge in [-0.3, -0.25) is 14.5 Å². The van der Waals surface area contributed by atoms with Crippen LogP contribution in [0.25, 0.3) is 0 Å². The largest absolute Gasteiger partial charge is 0.480 e. The van der Waals surface area contributed by atoms with Gasteiger partial charge in [-0.2, -0.15) is 0 Å². The SMILES string of the molecule is CCCN1CCC[C@]1(C(=O)O)C(=O)[C@@H](NC(=O)c1ccccc1)[C@@H](C)CC. The molecule has 1 amide bonds. The van der Waals surface area contributed by atoms with E-state index in [-0.39, 0.29) is 18.2 Å². The highest BCUT2D eigenvalue weighted by atomic mass is 16.4. The molecule has 1 aliphatic heterocycles. The molecule has 3 atom stereocenters. The molecule has 2 rings (SSSR count). The number of aliphatic carboxylic acids is 1. The van der Waals surface area contributed by atoms with Gasteiger partial charge in [-0.05, 0) is 50.4 Å². The minimum atomic E-state index is -1.55. The molecule has 0 aliphatic carbocycles. The van der Waals surface area contributed by atoms with Crippen LogP contribution < -0.4 is 5.32 Å². The zero-order chi connectivity index (χ0) is 20.0. The molecule has 1 heterocycles. The molecule has 27 heavy (non-hydrogen) atoms. The summed E-state index contributed by atoms with van der Waals surface area (Å²) in [4.78, 5) is 40.2. The van der Waals surface area contributed by atoms with Gasteiger partial charge in [0.1, 0.15) is 0 Å². The summed E-state index contributed by atoms with van der Waals surface area (Å²) >= 11 is 0. The number of Topliss-reactive ketones (excluding diaryl/α,β-unsaturated/α-hetero) is 1. The van der Waals surface area contributed by atoms with E-state index in [1.807, 2.05) is 26.8 Å². The second-order valence-corrected chi connectivity index (χ2v) is 7.32. The summed E-state index contributed by atoms with van der Waals surface area (Å²) in [7, 11) is 0. The number of carbonyl (C=O) groups excluding carboxylic acids is 2. The van der Waals surface area contributed by atoms with Crippen molar-refractivity contribution in [2.75, 3.05) is 13.1 Å². The highest BCUT2D eigenvalue weighted by molar-refractivity contribution is 6.12. The highest BCUT2D eigenvalue weighted by Gasteiger charge is 2.56. The average Bonchev–Trinajstić information content (AvgIpc) is 3.10. The summed E-state index contributed by atoms with van der Waals surface area (Å²) in [6.07, 6.45) is 2.38. The normalized spacial score (nSPS) is 22.2. The van der Waals surface area contributed by atoms with Crippen LogP contribution in [0.15, 0.2) is 30.3 Å². The number of carbonyl (C=O) groups is 3. The minimum Gasteiger partial charge on any atom is -0.480 e. The number of benzene rings is 1. The van der Waals surface area contributed by atoms with Crippen molar-refractivity contribution in [1.82, 2.24) is 10.2 Å². The van der Waals surface area contributed by atoms with E-state index in [2.05, 4.69) is 5.32 Å². The van der Waals surface area contributed by atoms with Crippen LogP contribution in [0.1, 0.15) is 56.8 Å². The maximum Gasteiger partial charge on any atom is 0.332 e. The van der Waals surface area contributed by atoms with Crippen molar-refractivity contribution >= 4 is 17.7 Å². The number of likely N-dealkylation sites (tertiary alicyclic amines) is 1. The van der Waals surface area contributed by atoms with Gasteiger partial charge in [-0.25, -0.2) is 4.79 Å². The Morgan fingerprint density at radius 2 is 1.89 bits per heavy atom. The van der Waals surface area contributed by atoms with E-state index in [1.165, 1.54) is 0 Å². The summed E-state index contributed by atoms with van der Waals surface area (Å²) in [5, 5.41) is 12.8. The summed E-state index contributed by atoms with van der Waals surface area (Å²) in [6, 6.07) is 7.85. The van der Waals surface area contributed by atoms with Crippen LogP contribution in [0.5, 0.6) is 0 Å². The molecule has 148 valence electrons. The van der Waals surface area contributed by atoms with E-state index < -0.39 is 23.3 Å². The zero-order valence-electron chi connectivity index (χ0n) is 16.4. The van der Waals surface area contributed by atoms with E-state index in [0.717, 1.165) is 6.42 Å². The lowest BCUT2D eigenvalue weighted by Gasteiger charge is -2.37. The maximum absolute atomic E-state index is 13.5. The standard InChI is InChI=1S/C21H30N2O4/c1-4-13-23-14-9-12-21(23,20(26)27)18(24)17(15(3)5-2)22-19(25)16-10-7-6-8-11-16/h6-8,10-11,15,17H,4-5,9,12-14H2,1-3H3,(H,22,25)(H,26,27)/t15-,17-,21+/m0/s1. The molecule has 1 aromatic carbocycles. The molecule has 1 aliphatic rings. The number of carboxylic acids is 1. The predicted octanol–water partition coefficient (Wildman–Crippen LogP) is 2.73. The van der Waals surface area contributed by atoms with Gasteiger partial charge in [0.15, 0.2) is 11.3 Å². The van der Waals surface area contributed by atoms with Crippen LogP contribution >= 0.6 is 0 Å². The van der Waals surface area contributed by atoms with Gasteiger partial charge in [-0.1, -0.05) is 45.4 Å². The fraction of sp³-hybridized carbons (Fsp3) is 0.571. The number of carboxylic acid groups (broad SMARTS) is 1. The molecule has 6 nitrogen and oxygen atoms in total. The Balaban J connectivity index is 2.35. The molecule has 0 bridgehead atoms. The molecular formula is C21H30N2O4. The first-order valence-corrected chi connectivity index (χ1v) is 9.77. The minimum absolute atomic E-state index is 0.162. The van der Waals surface area contributed by atoms with Crippen molar-refractivity contribution in [3.8, 4) is 0 Å². The first-order chi connectivity index (χ1) is 12.9. The Morgan fingerprint density at radius 1 is 1.22 bits per heavy atom. The first kappa shape index (κ1) is 21.1. The Bertz CT molecular complexity index is 676. The van der Waals surface area contributed by atoms with Gasteiger partial charge in [0.2, 0.25) is 0 Å². The van der Waals surface area contributed by atoms with Crippen molar-refractivity contribution in [2.45, 2.75) is 58.0 Å². The van der Waals surface area contributed by atoms with Crippen LogP contribution in [-0.2, 0) is 9.59 Å². The average molecular weight is 374 g/mol. The van der Waals surface area contributed by atoms with Gasteiger partial charge in [0.25, 0.3) is 5.91 Å². The van der Waals surface area contributed by atoms with Crippen LogP contribution in [0, 0.1) is 5.92 Å². The van der Waals surface area contributed by atoms with Crippen LogP contribution in [-0.4, -0.2) is 52.3 Å². The summed E-state index contributed by atoms with van der Waals surface area (Å²) < 4.78 is 0. The number of nitrogens with zero attached hydrogens (tertiary/aromatic N) is 1. The maximum atomic E-state index is 13.5. The van der Waals surface area contributed by atoms with E-state index in [0.29, 0.717) is 31.5 Å². The Morgan fingerprint density at radius 3 is 2.44 bits per heavy atom. The van der Waals surface area contributed by atoms with Crippen LogP contribution in [0.2, 0.25) is 0 Å². The fourth-order valence-corrected chi connectivity index (χ4v) is 3.85. The topological polar surface area (TPSA) is 86.7 Å². The molecule has 1 saturated heterocycles. The number of nitrogens with one attached hydrogen (secondary N) is 1. The Hall–Kier alpha value is -2.21.